The Morgan fingerprint density at radius 2 is 2.20 bits per heavy atom. The molecule has 0 spiro atoms. The maximum Gasteiger partial charge on any atom is 0.140 e. The third kappa shape index (κ3) is 4.83. The Morgan fingerprint density at radius 3 is 2.80 bits per heavy atom. The molecular weight excluding hydrogens is 388 g/mol. The summed E-state index contributed by atoms with van der Waals surface area (Å²) in [7, 11) is 0. The first-order chi connectivity index (χ1) is 7.13. The molecule has 0 amide bonds. The number of hydrogen-bond donors (Lipinski definition) is 1. The van der Waals surface area contributed by atoms with E-state index in [2.05, 4.69) is 65.0 Å². The van der Waals surface area contributed by atoms with E-state index in [4.69, 9.17) is 0 Å². The predicted octanol–water partition coefficient (Wildman–Crippen LogP) is 4.58. The van der Waals surface area contributed by atoms with E-state index in [-0.39, 0.29) is 0 Å². The average Bonchev–Trinajstić information content (AvgIpc) is 2.21. The molecule has 0 fully saturated rings. The molecule has 0 radical (unpaired) electrons. The molecule has 0 aromatic carbocycles. The van der Waals surface area contributed by atoms with Crippen molar-refractivity contribution in [1.82, 2.24) is 4.98 Å². The van der Waals surface area contributed by atoms with Crippen molar-refractivity contribution in [3.63, 3.8) is 0 Å². The summed E-state index contributed by atoms with van der Waals surface area (Å²) in [5.74, 6) is 0.897. The van der Waals surface area contributed by atoms with Crippen LogP contribution in [0, 0.1) is 0 Å². The maximum atomic E-state index is 4.28. The molecule has 0 aliphatic rings. The third-order valence-electron chi connectivity index (χ3n) is 2.00. The lowest BCUT2D eigenvalue weighted by Gasteiger charge is -2.09. The van der Waals surface area contributed by atoms with Crippen molar-refractivity contribution in [2.24, 2.45) is 0 Å². The molecule has 1 heterocycles. The van der Waals surface area contributed by atoms with Gasteiger partial charge in [-0.3, -0.25) is 0 Å². The van der Waals surface area contributed by atoms with Crippen LogP contribution in [0.25, 0.3) is 0 Å². The fraction of sp³-hybridized carbons (Fsp3) is 0.500. The summed E-state index contributed by atoms with van der Waals surface area (Å²) in [5, 5.41) is 3.30. The van der Waals surface area contributed by atoms with Gasteiger partial charge in [-0.1, -0.05) is 22.9 Å². The summed E-state index contributed by atoms with van der Waals surface area (Å²) in [6, 6.07) is 1.99. The number of halogens is 3. The minimum Gasteiger partial charge on any atom is -0.369 e. The Balaban J connectivity index is 2.44. The average molecular weight is 401 g/mol. The molecule has 15 heavy (non-hydrogen) atoms. The number of nitrogens with one attached hydrogen (secondary N) is 1. The van der Waals surface area contributed by atoms with Crippen LogP contribution in [0.5, 0.6) is 0 Å². The molecule has 84 valence electrons. The van der Waals surface area contributed by atoms with E-state index in [9.17, 15) is 0 Å². The van der Waals surface area contributed by atoms with Gasteiger partial charge < -0.3 is 5.32 Å². The van der Waals surface area contributed by atoms with Gasteiger partial charge in [-0.25, -0.2) is 4.98 Å². The van der Waals surface area contributed by atoms with Gasteiger partial charge in [0.1, 0.15) is 5.82 Å². The van der Waals surface area contributed by atoms with Crippen LogP contribution >= 0.6 is 47.8 Å². The fourth-order valence-electron chi connectivity index (χ4n) is 1.10. The lowest BCUT2D eigenvalue weighted by molar-refractivity contribution is 0.772. The van der Waals surface area contributed by atoms with E-state index in [1.165, 1.54) is 0 Å². The molecule has 0 aliphatic heterocycles. The molecule has 2 nitrogen and oxygen atoms in total. The van der Waals surface area contributed by atoms with Crippen molar-refractivity contribution >= 4 is 53.6 Å². The minimum atomic E-state index is 0.583. The first kappa shape index (κ1) is 13.5. The number of rotatable bonds is 5. The molecule has 1 N–H and O–H groups in total. The van der Waals surface area contributed by atoms with Crippen molar-refractivity contribution in [3.8, 4) is 0 Å². The van der Waals surface area contributed by atoms with Gasteiger partial charge in [0.15, 0.2) is 0 Å². The first-order valence-electron chi connectivity index (χ1n) is 4.82. The summed E-state index contributed by atoms with van der Waals surface area (Å²) in [6.45, 7) is 3.10. The highest BCUT2D eigenvalue weighted by Crippen LogP contribution is 2.23. The first-order valence-corrected chi connectivity index (χ1v) is 7.32. The fourth-order valence-corrected chi connectivity index (χ4v) is 2.45. The normalized spacial score (nSPS) is 12.5. The van der Waals surface area contributed by atoms with Gasteiger partial charge in [-0.15, -0.1) is 0 Å². The molecule has 0 bridgehead atoms. The van der Waals surface area contributed by atoms with E-state index in [1.807, 2.05) is 6.07 Å². The number of hydrogen-bond acceptors (Lipinski definition) is 2. The van der Waals surface area contributed by atoms with Crippen molar-refractivity contribution in [2.45, 2.75) is 24.6 Å². The van der Waals surface area contributed by atoms with E-state index in [1.54, 1.807) is 6.20 Å². The number of pyridine rings is 1. The van der Waals surface area contributed by atoms with Crippen molar-refractivity contribution < 1.29 is 0 Å². The Morgan fingerprint density at radius 1 is 1.47 bits per heavy atom. The Hall–Kier alpha value is 0.390. The zero-order valence-corrected chi connectivity index (χ0v) is 13.2. The quantitative estimate of drug-likeness (QED) is 0.731. The summed E-state index contributed by atoms with van der Waals surface area (Å²) in [4.78, 5) is 4.86. The molecular formula is C10H13Br3N2. The lowest BCUT2D eigenvalue weighted by atomic mass is 10.2. The van der Waals surface area contributed by atoms with Crippen LogP contribution in [0.4, 0.5) is 5.82 Å². The van der Waals surface area contributed by atoms with Crippen LogP contribution < -0.4 is 5.32 Å². The smallest absolute Gasteiger partial charge is 0.140 e. The van der Waals surface area contributed by atoms with Crippen molar-refractivity contribution in [3.05, 3.63) is 21.2 Å². The molecule has 1 aromatic heterocycles. The highest BCUT2D eigenvalue weighted by Gasteiger charge is 2.03. The Bertz CT molecular complexity index is 318. The summed E-state index contributed by atoms with van der Waals surface area (Å²) in [5.41, 5.74) is 0. The predicted molar refractivity (Wildman–Crippen MR) is 75.7 cm³/mol. The van der Waals surface area contributed by atoms with E-state index >= 15 is 0 Å². The van der Waals surface area contributed by atoms with Gasteiger partial charge in [0.2, 0.25) is 0 Å². The topological polar surface area (TPSA) is 24.9 Å². The number of anilines is 1. The van der Waals surface area contributed by atoms with E-state index in [0.717, 1.165) is 34.1 Å². The van der Waals surface area contributed by atoms with Gasteiger partial charge >= 0.3 is 0 Å². The van der Waals surface area contributed by atoms with Crippen molar-refractivity contribution in [1.29, 1.82) is 0 Å². The highest BCUT2D eigenvalue weighted by atomic mass is 79.9. The second-order valence-electron chi connectivity index (χ2n) is 3.20. The zero-order valence-electron chi connectivity index (χ0n) is 8.43. The van der Waals surface area contributed by atoms with Gasteiger partial charge in [0.25, 0.3) is 0 Å². The highest BCUT2D eigenvalue weighted by molar-refractivity contribution is 9.11. The minimum absolute atomic E-state index is 0.583. The van der Waals surface area contributed by atoms with Gasteiger partial charge in [0.05, 0.1) is 4.47 Å². The second kappa shape index (κ2) is 6.86. The SMILES string of the molecule is CCC(Br)CCNc1ncc(Br)cc1Br. The maximum absolute atomic E-state index is 4.28. The Labute approximate surface area is 116 Å². The van der Waals surface area contributed by atoms with Crippen LogP contribution in [0.2, 0.25) is 0 Å². The molecule has 1 aromatic rings. The van der Waals surface area contributed by atoms with Crippen molar-refractivity contribution in [2.75, 3.05) is 11.9 Å². The standard InChI is InChI=1S/C10H13Br3N2/c1-2-7(11)3-4-14-10-9(13)5-8(12)6-15-10/h5-7H,2-4H2,1H3,(H,14,15). The number of aromatic nitrogens is 1. The van der Waals surface area contributed by atoms with Gasteiger partial charge in [-0.2, -0.15) is 0 Å². The van der Waals surface area contributed by atoms with Crippen LogP contribution in [0.1, 0.15) is 19.8 Å². The summed E-state index contributed by atoms with van der Waals surface area (Å²) < 4.78 is 1.96. The number of alkyl halides is 1. The van der Waals surface area contributed by atoms with Crippen LogP contribution in [-0.4, -0.2) is 16.4 Å². The van der Waals surface area contributed by atoms with Gasteiger partial charge in [0, 0.05) is 22.0 Å². The summed E-state index contributed by atoms with van der Waals surface area (Å²) in [6.07, 6.45) is 4.04. The zero-order chi connectivity index (χ0) is 11.3. The monoisotopic (exact) mass is 398 g/mol. The third-order valence-corrected chi connectivity index (χ3v) is 4.14. The van der Waals surface area contributed by atoms with E-state index < -0.39 is 0 Å². The molecule has 0 aliphatic carbocycles. The lowest BCUT2D eigenvalue weighted by Crippen LogP contribution is -2.09. The molecule has 1 unspecified atom stereocenters. The molecule has 1 atom stereocenters. The largest absolute Gasteiger partial charge is 0.369 e. The molecule has 5 heteroatoms. The number of nitrogens with zero attached hydrogens (tertiary/aromatic N) is 1. The van der Waals surface area contributed by atoms with E-state index in [0.29, 0.717) is 4.83 Å². The van der Waals surface area contributed by atoms with Crippen LogP contribution in [-0.2, 0) is 0 Å². The van der Waals surface area contributed by atoms with Gasteiger partial charge in [-0.05, 0) is 50.8 Å². The van der Waals surface area contributed by atoms with Crippen LogP contribution in [0.3, 0.4) is 0 Å². The van der Waals surface area contributed by atoms with Crippen LogP contribution in [0.15, 0.2) is 21.2 Å². The molecule has 0 saturated carbocycles. The Kier molecular flexibility index (Phi) is 6.16. The molecule has 1 rings (SSSR count). The summed E-state index contributed by atoms with van der Waals surface area (Å²) >= 11 is 10.4. The molecule has 0 saturated heterocycles. The second-order valence-corrected chi connectivity index (χ2v) is 6.27.